The Labute approximate surface area is 176 Å². The van der Waals surface area contributed by atoms with Gasteiger partial charge in [0.15, 0.2) is 0 Å². The van der Waals surface area contributed by atoms with Crippen molar-refractivity contribution in [1.82, 2.24) is 9.80 Å². The monoisotopic (exact) mass is 412 g/mol. The number of ketones is 1. The first kappa shape index (κ1) is 21.3. The summed E-state index contributed by atoms with van der Waals surface area (Å²) in [5, 5.41) is 12.9. The highest BCUT2D eigenvalue weighted by Gasteiger charge is 2.46. The van der Waals surface area contributed by atoms with Crippen molar-refractivity contribution in [1.29, 1.82) is 0 Å². The van der Waals surface area contributed by atoms with Gasteiger partial charge in [-0.1, -0.05) is 49.7 Å². The van der Waals surface area contributed by atoms with E-state index in [1.807, 2.05) is 36.6 Å². The summed E-state index contributed by atoms with van der Waals surface area (Å²) in [6.45, 7) is 9.45. The molecule has 0 bridgehead atoms. The molecule has 0 spiro atoms. The van der Waals surface area contributed by atoms with Crippen molar-refractivity contribution in [3.63, 3.8) is 0 Å². The van der Waals surface area contributed by atoms with Gasteiger partial charge in [0, 0.05) is 17.0 Å². The van der Waals surface area contributed by atoms with Crippen LogP contribution in [0.3, 0.4) is 0 Å². The van der Waals surface area contributed by atoms with Crippen LogP contribution in [-0.2, 0) is 9.59 Å². The highest BCUT2D eigenvalue weighted by Crippen LogP contribution is 2.41. The predicted molar refractivity (Wildman–Crippen MR) is 117 cm³/mol. The summed E-state index contributed by atoms with van der Waals surface area (Å²) < 4.78 is 0. The quantitative estimate of drug-likeness (QED) is 0.401. The first-order valence-electron chi connectivity index (χ1n) is 10.1. The smallest absolute Gasteiger partial charge is 0.295 e. The third kappa shape index (κ3) is 4.43. The van der Waals surface area contributed by atoms with E-state index in [0.29, 0.717) is 12.1 Å². The molecule has 1 unspecified atom stereocenters. The number of benzene rings is 1. The number of carbonyl (C=O) groups is 2. The second-order valence-corrected chi connectivity index (χ2v) is 8.23. The minimum absolute atomic E-state index is 0.104. The molecule has 1 saturated heterocycles. The molecule has 1 aliphatic heterocycles. The zero-order chi connectivity index (χ0) is 21.0. The van der Waals surface area contributed by atoms with Gasteiger partial charge >= 0.3 is 0 Å². The Morgan fingerprint density at radius 1 is 1.14 bits per heavy atom. The Morgan fingerprint density at radius 2 is 1.83 bits per heavy atom. The zero-order valence-corrected chi connectivity index (χ0v) is 18.0. The lowest BCUT2D eigenvalue weighted by atomic mass is 9.99. The molecule has 3 rings (SSSR count). The van der Waals surface area contributed by atoms with Gasteiger partial charge < -0.3 is 14.9 Å². The number of rotatable bonds is 8. The number of nitrogens with zero attached hydrogens (tertiary/aromatic N) is 2. The van der Waals surface area contributed by atoms with Crippen molar-refractivity contribution in [2.75, 3.05) is 26.2 Å². The number of aryl methyl sites for hydroxylation is 1. The molecule has 0 radical (unpaired) electrons. The Morgan fingerprint density at radius 3 is 2.41 bits per heavy atom. The molecule has 0 saturated carbocycles. The molecular formula is C23H28N2O3S. The van der Waals surface area contributed by atoms with E-state index in [0.717, 1.165) is 36.5 Å². The highest BCUT2D eigenvalue weighted by atomic mass is 32.1. The second-order valence-electron chi connectivity index (χ2n) is 7.25. The average molecular weight is 413 g/mol. The van der Waals surface area contributed by atoms with Crippen LogP contribution in [0.1, 0.15) is 42.3 Å². The van der Waals surface area contributed by atoms with Crippen LogP contribution in [0, 0.1) is 6.92 Å². The molecule has 6 heteroatoms. The van der Waals surface area contributed by atoms with Crippen molar-refractivity contribution in [3.8, 4) is 0 Å². The van der Waals surface area contributed by atoms with E-state index in [1.54, 1.807) is 17.0 Å². The van der Waals surface area contributed by atoms with Gasteiger partial charge in [-0.25, -0.2) is 0 Å². The number of aliphatic hydroxyl groups is 1. The normalized spacial score (nSPS) is 18.8. The van der Waals surface area contributed by atoms with Gasteiger partial charge in [0.2, 0.25) is 0 Å². The number of hydrogen-bond donors (Lipinski definition) is 1. The van der Waals surface area contributed by atoms with Crippen molar-refractivity contribution < 1.29 is 14.7 Å². The molecule has 154 valence electrons. The fourth-order valence-electron chi connectivity index (χ4n) is 3.72. The number of hydrogen-bond acceptors (Lipinski definition) is 5. The number of carbonyl (C=O) groups excluding carboxylic acids is 2. The van der Waals surface area contributed by atoms with Crippen molar-refractivity contribution in [3.05, 3.63) is 63.4 Å². The fourth-order valence-corrected chi connectivity index (χ4v) is 4.57. The molecule has 2 aromatic rings. The maximum Gasteiger partial charge on any atom is 0.295 e. The molecule has 1 aromatic heterocycles. The van der Waals surface area contributed by atoms with Gasteiger partial charge in [0.05, 0.1) is 11.6 Å². The first-order valence-corrected chi connectivity index (χ1v) is 11.0. The van der Waals surface area contributed by atoms with E-state index < -0.39 is 17.7 Å². The number of amides is 1. The van der Waals surface area contributed by atoms with Crippen molar-refractivity contribution in [2.24, 2.45) is 0 Å². The largest absolute Gasteiger partial charge is 0.507 e. The van der Waals surface area contributed by atoms with Crippen LogP contribution in [0.2, 0.25) is 0 Å². The molecule has 29 heavy (non-hydrogen) atoms. The number of likely N-dealkylation sites (tertiary alicyclic amines) is 1. The van der Waals surface area contributed by atoms with Crippen LogP contribution in [0.25, 0.3) is 5.76 Å². The molecule has 1 aliphatic rings. The van der Waals surface area contributed by atoms with Crippen LogP contribution >= 0.6 is 11.3 Å². The van der Waals surface area contributed by atoms with Gasteiger partial charge in [0.25, 0.3) is 11.7 Å². The zero-order valence-electron chi connectivity index (χ0n) is 17.2. The van der Waals surface area contributed by atoms with Crippen LogP contribution in [0.5, 0.6) is 0 Å². The Balaban J connectivity index is 1.95. The number of Topliss-reactive ketones (excluding diaryl/α,β-unsaturated/α-hetero) is 1. The summed E-state index contributed by atoms with van der Waals surface area (Å²) in [4.78, 5) is 30.6. The van der Waals surface area contributed by atoms with E-state index in [2.05, 4.69) is 18.7 Å². The van der Waals surface area contributed by atoms with E-state index in [9.17, 15) is 14.7 Å². The van der Waals surface area contributed by atoms with Crippen LogP contribution < -0.4 is 0 Å². The summed E-state index contributed by atoms with van der Waals surface area (Å²) >= 11 is 1.49. The summed E-state index contributed by atoms with van der Waals surface area (Å²) in [7, 11) is 0. The summed E-state index contributed by atoms with van der Waals surface area (Å²) in [5.74, 6) is -1.24. The summed E-state index contributed by atoms with van der Waals surface area (Å²) in [6.07, 6.45) is 0.779. The highest BCUT2D eigenvalue weighted by molar-refractivity contribution is 7.10. The van der Waals surface area contributed by atoms with Crippen molar-refractivity contribution in [2.45, 2.75) is 33.2 Å². The van der Waals surface area contributed by atoms with E-state index in [4.69, 9.17) is 0 Å². The van der Waals surface area contributed by atoms with E-state index >= 15 is 0 Å². The van der Waals surface area contributed by atoms with Crippen molar-refractivity contribution >= 4 is 28.8 Å². The summed E-state index contributed by atoms with van der Waals surface area (Å²) in [5.41, 5.74) is 1.80. The molecule has 1 aromatic carbocycles. The van der Waals surface area contributed by atoms with Crippen LogP contribution in [0.4, 0.5) is 0 Å². The Kier molecular flexibility index (Phi) is 6.87. The van der Waals surface area contributed by atoms with E-state index in [1.165, 1.54) is 11.3 Å². The van der Waals surface area contributed by atoms with Gasteiger partial charge in [-0.05, 0) is 44.4 Å². The molecular weight excluding hydrogens is 384 g/mol. The standard InChI is InChI=1S/C23H28N2O3S/c1-4-24(5-2)13-7-14-25-20(18-8-6-15-29-18)19(22(27)23(25)28)21(26)17-11-9-16(3)10-12-17/h6,8-12,15,20,26H,4-5,7,13-14H2,1-3H3. The maximum atomic E-state index is 12.9. The molecule has 0 aliphatic carbocycles. The Bertz CT molecular complexity index is 883. The third-order valence-electron chi connectivity index (χ3n) is 5.45. The Hall–Kier alpha value is -2.44. The predicted octanol–water partition coefficient (Wildman–Crippen LogP) is 4.21. The van der Waals surface area contributed by atoms with Gasteiger partial charge in [-0.3, -0.25) is 9.59 Å². The minimum Gasteiger partial charge on any atom is -0.507 e. The molecule has 1 amide bonds. The average Bonchev–Trinajstić information content (AvgIpc) is 3.33. The number of thiophene rings is 1. The SMILES string of the molecule is CCN(CC)CCCN1C(=O)C(=O)C(=C(O)c2ccc(C)cc2)C1c1cccs1. The van der Waals surface area contributed by atoms with Gasteiger partial charge in [-0.2, -0.15) is 0 Å². The fraction of sp³-hybridized carbons (Fsp3) is 0.391. The lowest BCUT2D eigenvalue weighted by molar-refractivity contribution is -0.139. The van der Waals surface area contributed by atoms with Crippen LogP contribution in [-0.4, -0.2) is 52.8 Å². The second kappa shape index (κ2) is 9.37. The lowest BCUT2D eigenvalue weighted by Crippen LogP contribution is -2.33. The molecule has 5 nitrogen and oxygen atoms in total. The summed E-state index contributed by atoms with van der Waals surface area (Å²) in [6, 6.07) is 10.6. The maximum absolute atomic E-state index is 12.9. The number of aliphatic hydroxyl groups excluding tert-OH is 1. The van der Waals surface area contributed by atoms with E-state index in [-0.39, 0.29) is 11.3 Å². The minimum atomic E-state index is -0.607. The van der Waals surface area contributed by atoms with Gasteiger partial charge in [0.1, 0.15) is 5.76 Å². The molecule has 1 fully saturated rings. The first-order chi connectivity index (χ1) is 14.0. The van der Waals surface area contributed by atoms with Gasteiger partial charge in [-0.15, -0.1) is 11.3 Å². The third-order valence-corrected chi connectivity index (χ3v) is 6.37. The molecule has 1 atom stereocenters. The van der Waals surface area contributed by atoms with Crippen LogP contribution in [0.15, 0.2) is 47.4 Å². The lowest BCUT2D eigenvalue weighted by Gasteiger charge is -2.25. The molecule has 2 heterocycles. The topological polar surface area (TPSA) is 60.9 Å². The molecule has 1 N–H and O–H groups in total.